The first-order valence-electron chi connectivity index (χ1n) is 7.11. The van der Waals surface area contributed by atoms with E-state index in [1.807, 2.05) is 23.0 Å². The van der Waals surface area contributed by atoms with Crippen molar-refractivity contribution < 1.29 is 0 Å². The molecule has 0 aliphatic carbocycles. The minimum absolute atomic E-state index is 0.303. The second-order valence-corrected chi connectivity index (χ2v) is 5.69. The topological polar surface area (TPSA) is 29.9 Å². The van der Waals surface area contributed by atoms with Crippen LogP contribution in [0.2, 0.25) is 5.02 Å². The van der Waals surface area contributed by atoms with Crippen LogP contribution in [0.15, 0.2) is 36.7 Å². The van der Waals surface area contributed by atoms with Gasteiger partial charge in [0, 0.05) is 35.4 Å². The SMILES string of the molecule is CCn1cc(C(C)NC(C)Cc2ccc(Cl)cc2)cn1. The molecule has 1 N–H and O–H groups in total. The number of benzene rings is 1. The van der Waals surface area contributed by atoms with Crippen LogP contribution in [0.1, 0.15) is 37.9 Å². The summed E-state index contributed by atoms with van der Waals surface area (Å²) in [5.74, 6) is 0. The maximum Gasteiger partial charge on any atom is 0.0537 e. The van der Waals surface area contributed by atoms with E-state index in [9.17, 15) is 0 Å². The fourth-order valence-electron chi connectivity index (χ4n) is 2.33. The lowest BCUT2D eigenvalue weighted by atomic mass is 10.1. The van der Waals surface area contributed by atoms with Crippen LogP contribution in [0.3, 0.4) is 0 Å². The van der Waals surface area contributed by atoms with Crippen LogP contribution in [-0.2, 0) is 13.0 Å². The molecule has 20 heavy (non-hydrogen) atoms. The summed E-state index contributed by atoms with van der Waals surface area (Å²) >= 11 is 5.90. The van der Waals surface area contributed by atoms with Gasteiger partial charge in [0.15, 0.2) is 0 Å². The minimum atomic E-state index is 0.303. The zero-order chi connectivity index (χ0) is 14.5. The smallest absolute Gasteiger partial charge is 0.0537 e. The van der Waals surface area contributed by atoms with Crippen molar-refractivity contribution in [2.75, 3.05) is 0 Å². The Kier molecular flexibility index (Phi) is 5.21. The lowest BCUT2D eigenvalue weighted by molar-refractivity contribution is 0.477. The Hall–Kier alpha value is -1.32. The molecule has 0 aliphatic heterocycles. The maximum atomic E-state index is 5.90. The van der Waals surface area contributed by atoms with Crippen molar-refractivity contribution in [3.05, 3.63) is 52.8 Å². The Morgan fingerprint density at radius 2 is 1.95 bits per heavy atom. The minimum Gasteiger partial charge on any atom is -0.307 e. The molecular formula is C16H22ClN3. The van der Waals surface area contributed by atoms with Crippen LogP contribution >= 0.6 is 11.6 Å². The highest BCUT2D eigenvalue weighted by Gasteiger charge is 2.11. The molecule has 0 radical (unpaired) electrons. The molecule has 0 spiro atoms. The Morgan fingerprint density at radius 3 is 2.55 bits per heavy atom. The molecule has 0 saturated carbocycles. The Bertz CT molecular complexity index is 533. The lowest BCUT2D eigenvalue weighted by Gasteiger charge is -2.19. The van der Waals surface area contributed by atoms with Gasteiger partial charge >= 0.3 is 0 Å². The van der Waals surface area contributed by atoms with Gasteiger partial charge in [-0.1, -0.05) is 23.7 Å². The maximum absolute atomic E-state index is 5.90. The van der Waals surface area contributed by atoms with E-state index in [0.717, 1.165) is 18.0 Å². The van der Waals surface area contributed by atoms with Crippen LogP contribution in [0, 0.1) is 0 Å². The van der Waals surface area contributed by atoms with E-state index in [0.29, 0.717) is 12.1 Å². The highest BCUT2D eigenvalue weighted by molar-refractivity contribution is 6.30. The van der Waals surface area contributed by atoms with Gasteiger partial charge in [-0.3, -0.25) is 4.68 Å². The molecule has 1 heterocycles. The predicted molar refractivity (Wildman–Crippen MR) is 84.1 cm³/mol. The third-order valence-corrected chi connectivity index (χ3v) is 3.72. The molecule has 3 nitrogen and oxygen atoms in total. The molecule has 0 amide bonds. The van der Waals surface area contributed by atoms with Crippen LogP contribution in [-0.4, -0.2) is 15.8 Å². The molecular weight excluding hydrogens is 270 g/mol. The number of halogens is 1. The highest BCUT2D eigenvalue weighted by Crippen LogP contribution is 2.15. The van der Waals surface area contributed by atoms with Crippen molar-refractivity contribution in [3.8, 4) is 0 Å². The number of hydrogen-bond acceptors (Lipinski definition) is 2. The summed E-state index contributed by atoms with van der Waals surface area (Å²) in [6.07, 6.45) is 5.03. The Balaban J connectivity index is 1.90. The first-order chi connectivity index (χ1) is 9.58. The van der Waals surface area contributed by atoms with E-state index in [-0.39, 0.29) is 0 Å². The van der Waals surface area contributed by atoms with Crippen molar-refractivity contribution in [2.24, 2.45) is 0 Å². The highest BCUT2D eigenvalue weighted by atomic mass is 35.5. The summed E-state index contributed by atoms with van der Waals surface area (Å²) in [4.78, 5) is 0. The van der Waals surface area contributed by atoms with Gasteiger partial charge in [0.2, 0.25) is 0 Å². The van der Waals surface area contributed by atoms with Gasteiger partial charge < -0.3 is 5.32 Å². The molecule has 4 heteroatoms. The van der Waals surface area contributed by atoms with Crippen molar-refractivity contribution in [3.63, 3.8) is 0 Å². The van der Waals surface area contributed by atoms with E-state index < -0.39 is 0 Å². The van der Waals surface area contributed by atoms with E-state index in [2.05, 4.69) is 49.5 Å². The predicted octanol–water partition coefficient (Wildman–Crippen LogP) is 3.84. The van der Waals surface area contributed by atoms with Gasteiger partial charge in [-0.15, -0.1) is 0 Å². The quantitative estimate of drug-likeness (QED) is 0.876. The third kappa shape index (κ3) is 4.09. The van der Waals surface area contributed by atoms with Crippen LogP contribution in [0.25, 0.3) is 0 Å². The lowest BCUT2D eigenvalue weighted by Crippen LogP contribution is -2.30. The summed E-state index contributed by atoms with van der Waals surface area (Å²) in [6.45, 7) is 7.38. The zero-order valence-corrected chi connectivity index (χ0v) is 13.1. The normalized spacial score (nSPS) is 14.2. The van der Waals surface area contributed by atoms with Crippen molar-refractivity contribution in [1.29, 1.82) is 0 Å². The van der Waals surface area contributed by atoms with E-state index in [1.165, 1.54) is 11.1 Å². The zero-order valence-electron chi connectivity index (χ0n) is 12.3. The standard InChI is InChI=1S/C16H22ClN3/c1-4-20-11-15(10-18-20)13(3)19-12(2)9-14-5-7-16(17)8-6-14/h5-8,10-13,19H,4,9H2,1-3H3. The molecule has 2 aromatic rings. The van der Waals surface area contributed by atoms with Gasteiger partial charge in [0.25, 0.3) is 0 Å². The first-order valence-corrected chi connectivity index (χ1v) is 7.49. The first kappa shape index (κ1) is 15.1. The largest absolute Gasteiger partial charge is 0.307 e. The Labute approximate surface area is 126 Å². The average molecular weight is 292 g/mol. The summed E-state index contributed by atoms with van der Waals surface area (Å²) in [5, 5.41) is 8.72. The number of aryl methyl sites for hydroxylation is 1. The molecule has 1 aromatic carbocycles. The molecule has 1 aromatic heterocycles. The fourth-order valence-corrected chi connectivity index (χ4v) is 2.46. The summed E-state index contributed by atoms with van der Waals surface area (Å²) in [6, 6.07) is 8.76. The monoisotopic (exact) mass is 291 g/mol. The van der Waals surface area contributed by atoms with Crippen LogP contribution in [0.4, 0.5) is 0 Å². The van der Waals surface area contributed by atoms with E-state index in [4.69, 9.17) is 11.6 Å². The van der Waals surface area contributed by atoms with Gasteiger partial charge in [-0.25, -0.2) is 0 Å². The molecule has 0 bridgehead atoms. The van der Waals surface area contributed by atoms with Crippen LogP contribution in [0.5, 0.6) is 0 Å². The number of nitrogens with zero attached hydrogens (tertiary/aromatic N) is 2. The van der Waals surface area contributed by atoms with Gasteiger partial charge in [-0.2, -0.15) is 5.10 Å². The second-order valence-electron chi connectivity index (χ2n) is 5.25. The van der Waals surface area contributed by atoms with Gasteiger partial charge in [0.1, 0.15) is 0 Å². The van der Waals surface area contributed by atoms with Crippen molar-refractivity contribution in [1.82, 2.24) is 15.1 Å². The molecule has 2 rings (SSSR count). The molecule has 2 unspecified atom stereocenters. The van der Waals surface area contributed by atoms with Crippen LogP contribution < -0.4 is 5.32 Å². The van der Waals surface area contributed by atoms with Crippen molar-refractivity contribution >= 4 is 11.6 Å². The third-order valence-electron chi connectivity index (χ3n) is 3.47. The van der Waals surface area contributed by atoms with Gasteiger partial charge in [-0.05, 0) is 44.9 Å². The van der Waals surface area contributed by atoms with E-state index >= 15 is 0 Å². The summed E-state index contributed by atoms with van der Waals surface area (Å²) < 4.78 is 1.96. The van der Waals surface area contributed by atoms with Gasteiger partial charge in [0.05, 0.1) is 6.20 Å². The molecule has 2 atom stereocenters. The summed E-state index contributed by atoms with van der Waals surface area (Å²) in [7, 11) is 0. The number of hydrogen-bond donors (Lipinski definition) is 1. The number of rotatable bonds is 6. The Morgan fingerprint density at radius 1 is 1.25 bits per heavy atom. The molecule has 0 saturated heterocycles. The molecule has 0 fully saturated rings. The number of aromatic nitrogens is 2. The second kappa shape index (κ2) is 6.91. The molecule has 108 valence electrons. The molecule has 0 aliphatic rings. The van der Waals surface area contributed by atoms with Crippen molar-refractivity contribution in [2.45, 2.75) is 45.8 Å². The fraction of sp³-hybridized carbons (Fsp3) is 0.438. The van der Waals surface area contributed by atoms with E-state index in [1.54, 1.807) is 0 Å². The summed E-state index contributed by atoms with van der Waals surface area (Å²) in [5.41, 5.74) is 2.53. The average Bonchev–Trinajstić information content (AvgIpc) is 2.90. The number of nitrogens with one attached hydrogen (secondary N) is 1.